The number of urea groups is 1. The number of ketones is 1. The number of aliphatic carboxylic acids is 1. The fourth-order valence-electron chi connectivity index (χ4n) is 17.5. The number of hydrogen-bond donors (Lipinski definition) is 8. The van der Waals surface area contributed by atoms with E-state index in [2.05, 4.69) is 29.5 Å². The Morgan fingerprint density at radius 3 is 2.29 bits per heavy atom. The summed E-state index contributed by atoms with van der Waals surface area (Å²) in [6.45, 7) is 7.59. The second-order valence-electron chi connectivity index (χ2n) is 30.5. The van der Waals surface area contributed by atoms with Gasteiger partial charge in [-0.2, -0.15) is 13.5 Å². The van der Waals surface area contributed by atoms with E-state index in [1.807, 2.05) is 54.1 Å². The maximum Gasteiger partial charge on any atom is 0.410 e. The molecule has 1 saturated heterocycles. The molecule has 7 aliphatic rings. The molecule has 4 bridgehead atoms. The van der Waals surface area contributed by atoms with Crippen LogP contribution in [-0.2, 0) is 77.3 Å². The number of para-hydroxylation sites is 1. The summed E-state index contributed by atoms with van der Waals surface area (Å²) in [5.41, 5.74) is 4.54. The normalized spacial score (nSPS) is 24.2. The van der Waals surface area contributed by atoms with Crippen LogP contribution in [0.3, 0.4) is 0 Å². The second kappa shape index (κ2) is 34.3. The SMILES string of the molecule is COCCN(CCOC12CC3(C)CC(C)(CC(Cn4ncc(-c5ccc(-c6ccc7c(c6)N(C(=O)Nc6nc8ccccc8s6)CCC7)nc5C(=O)O)c4C)(C3)C1)C2)C(=O)OCc1ccc(O[C@@H]2O[C@H](C(=O)O)[C@@H](O)[C@H](O)[C@H]2O)cc1OCCOCCCC(=O)[C@H](CS(=O)(=O)O)NC(=O)CCCCCN1C(=O)C=CC1=O. The molecule has 111 heavy (non-hydrogen) atoms. The minimum absolute atomic E-state index is 0.0534. The van der Waals surface area contributed by atoms with Crippen LogP contribution in [0, 0.1) is 23.2 Å². The van der Waals surface area contributed by atoms with E-state index in [0.29, 0.717) is 77.5 Å². The van der Waals surface area contributed by atoms with Gasteiger partial charge < -0.3 is 68.9 Å². The number of fused-ring (bicyclic) bond motifs is 2. The molecule has 5 fully saturated rings. The lowest BCUT2D eigenvalue weighted by atomic mass is 9.39. The number of imide groups is 1. The first-order chi connectivity index (χ1) is 52.9. The number of thiazole rings is 1. The fraction of sp³-hybridized carbons (Fsp3) is 0.519. The van der Waals surface area contributed by atoms with Crippen molar-refractivity contribution in [3.05, 3.63) is 114 Å². The number of Topliss-reactive ketones (excluding diaryl/α,β-unsaturated/α-hetero) is 1. The van der Waals surface area contributed by atoms with Gasteiger partial charge in [-0.1, -0.05) is 55.9 Å². The number of pyridine rings is 1. The summed E-state index contributed by atoms with van der Waals surface area (Å²) in [5.74, 6) is -6.11. The van der Waals surface area contributed by atoms with E-state index in [1.54, 1.807) is 23.2 Å². The van der Waals surface area contributed by atoms with Gasteiger partial charge in [-0.3, -0.25) is 43.5 Å². The van der Waals surface area contributed by atoms with Gasteiger partial charge in [0.25, 0.3) is 21.9 Å². The number of methoxy groups -OCH3 is 1. The highest BCUT2D eigenvalue weighted by atomic mass is 32.2. The van der Waals surface area contributed by atoms with Crippen molar-refractivity contribution in [2.24, 2.45) is 16.2 Å². The number of rotatable bonds is 36. The Hall–Kier alpha value is -9.36. The van der Waals surface area contributed by atoms with Crippen LogP contribution in [0.25, 0.3) is 32.6 Å². The van der Waals surface area contributed by atoms with Crippen LogP contribution in [-0.4, -0.2) is 230 Å². The molecule has 4 saturated carbocycles. The number of nitrogens with zero attached hydrogens (tertiary/aromatic N) is 7. The van der Waals surface area contributed by atoms with Crippen LogP contribution < -0.4 is 25.0 Å². The number of aromatic nitrogens is 4. The van der Waals surface area contributed by atoms with Crippen molar-refractivity contribution in [3.8, 4) is 33.9 Å². The molecule has 3 aliphatic heterocycles. The smallest absolute Gasteiger partial charge is 0.410 e. The number of aromatic carboxylic acids is 1. The monoisotopic (exact) mass is 1580 g/mol. The van der Waals surface area contributed by atoms with Gasteiger partial charge in [0.2, 0.25) is 12.2 Å². The number of carboxylic acid groups (broad SMARTS) is 2. The molecular weight excluding hydrogens is 1480 g/mol. The van der Waals surface area contributed by atoms with Crippen molar-refractivity contribution in [1.82, 2.24) is 34.9 Å². The molecule has 3 aromatic heterocycles. The van der Waals surface area contributed by atoms with Crippen LogP contribution in [0.1, 0.15) is 125 Å². The molecule has 4 aliphatic carbocycles. The molecule has 34 heteroatoms. The van der Waals surface area contributed by atoms with Gasteiger partial charge in [0, 0.05) is 111 Å². The van der Waals surface area contributed by atoms with E-state index >= 15 is 0 Å². The number of aryl methyl sites for hydroxylation is 1. The van der Waals surface area contributed by atoms with Gasteiger partial charge in [0.15, 0.2) is 22.7 Å². The zero-order valence-electron chi connectivity index (χ0n) is 62.1. The molecule has 8 atom stereocenters. The molecule has 6 heterocycles. The predicted octanol–water partition coefficient (Wildman–Crippen LogP) is 7.51. The summed E-state index contributed by atoms with van der Waals surface area (Å²) in [5, 5.41) is 62.9. The Labute approximate surface area is 644 Å². The molecule has 2 unspecified atom stereocenters. The average molecular weight is 1580 g/mol. The van der Waals surface area contributed by atoms with E-state index in [4.69, 9.17) is 43.2 Å². The number of unbranched alkanes of at least 4 members (excludes halogenated alkanes) is 2. The van der Waals surface area contributed by atoms with E-state index < -0.39 is 99.8 Å². The van der Waals surface area contributed by atoms with E-state index in [-0.39, 0.29) is 118 Å². The highest BCUT2D eigenvalue weighted by Crippen LogP contribution is 2.72. The van der Waals surface area contributed by atoms with Gasteiger partial charge in [0.1, 0.15) is 54.8 Å². The zero-order chi connectivity index (χ0) is 79.2. The number of aliphatic hydroxyl groups excluding tert-OH is 3. The molecule has 0 radical (unpaired) electrons. The number of hydrogen-bond acceptors (Lipinski definition) is 24. The number of carbonyl (C=O) groups excluding carboxylic acids is 6. The largest absolute Gasteiger partial charge is 0.491 e. The maximum absolute atomic E-state index is 14.3. The fourth-order valence-corrected chi connectivity index (χ4v) is 19.1. The molecule has 6 aromatic rings. The first-order valence-electron chi connectivity index (χ1n) is 37.0. The lowest BCUT2D eigenvalue weighted by Crippen LogP contribution is -2.64. The van der Waals surface area contributed by atoms with Crippen molar-refractivity contribution in [1.29, 1.82) is 0 Å². The molecule has 3 aromatic carbocycles. The Bertz CT molecular complexity index is 4570. The summed E-state index contributed by atoms with van der Waals surface area (Å²) in [6, 6.07) is 19.3. The number of aliphatic hydroxyl groups is 3. The third-order valence-corrected chi connectivity index (χ3v) is 23.1. The van der Waals surface area contributed by atoms with E-state index in [1.165, 1.54) is 53.7 Å². The summed E-state index contributed by atoms with van der Waals surface area (Å²) >= 11 is 1.40. The van der Waals surface area contributed by atoms with E-state index in [9.17, 15) is 76.9 Å². The van der Waals surface area contributed by atoms with Crippen LogP contribution in [0.15, 0.2) is 91.1 Å². The number of carboxylic acids is 2. The van der Waals surface area contributed by atoms with Crippen molar-refractivity contribution < 1.29 is 110 Å². The molecule has 596 valence electrons. The first-order valence-corrected chi connectivity index (χ1v) is 39.5. The van der Waals surface area contributed by atoms with Crippen LogP contribution in [0.4, 0.5) is 20.4 Å². The lowest BCUT2D eigenvalue weighted by molar-refractivity contribution is -0.271. The summed E-state index contributed by atoms with van der Waals surface area (Å²) < 4.78 is 77.8. The first kappa shape index (κ1) is 81.1. The Balaban J connectivity index is 0.670. The predicted molar refractivity (Wildman–Crippen MR) is 400 cm³/mol. The second-order valence-corrected chi connectivity index (χ2v) is 33.0. The highest BCUT2D eigenvalue weighted by molar-refractivity contribution is 7.85. The quantitative estimate of drug-likeness (QED) is 0.0107. The van der Waals surface area contributed by atoms with Gasteiger partial charge in [0.05, 0.1) is 47.5 Å². The molecular formula is C77H93N9O23S2. The van der Waals surface area contributed by atoms with Gasteiger partial charge in [-0.25, -0.2) is 29.1 Å². The van der Waals surface area contributed by atoms with Crippen molar-refractivity contribution in [3.63, 3.8) is 0 Å². The number of anilines is 2. The van der Waals surface area contributed by atoms with Gasteiger partial charge in [-0.15, -0.1) is 0 Å². The Morgan fingerprint density at radius 2 is 1.56 bits per heavy atom. The average Bonchev–Trinajstić information content (AvgIpc) is 1.07. The molecule has 13 rings (SSSR count). The third kappa shape index (κ3) is 19.4. The number of benzene rings is 3. The number of carbonyl (C=O) groups is 8. The lowest BCUT2D eigenvalue weighted by Gasteiger charge is -2.69. The van der Waals surface area contributed by atoms with Crippen molar-refractivity contribution >= 4 is 90.1 Å². The van der Waals surface area contributed by atoms with Crippen LogP contribution in [0.2, 0.25) is 0 Å². The molecule has 32 nitrogen and oxygen atoms in total. The molecule has 6 amide bonds. The Kier molecular flexibility index (Phi) is 25.1. The third-order valence-electron chi connectivity index (χ3n) is 21.4. The van der Waals surface area contributed by atoms with Crippen LogP contribution in [0.5, 0.6) is 11.5 Å². The van der Waals surface area contributed by atoms with Gasteiger partial charge >= 0.3 is 24.1 Å². The summed E-state index contributed by atoms with van der Waals surface area (Å²) in [6.07, 6.45) is 1.20. The van der Waals surface area contributed by atoms with Crippen molar-refractivity contribution in [2.45, 2.75) is 166 Å². The summed E-state index contributed by atoms with van der Waals surface area (Å²) in [4.78, 5) is 117. The number of amides is 6. The van der Waals surface area contributed by atoms with E-state index in [0.717, 1.165) is 71.3 Å². The Morgan fingerprint density at radius 1 is 0.802 bits per heavy atom. The van der Waals surface area contributed by atoms with Gasteiger partial charge in [-0.05, 0) is 142 Å². The van der Waals surface area contributed by atoms with Crippen LogP contribution >= 0.6 is 11.3 Å². The minimum Gasteiger partial charge on any atom is -0.491 e. The maximum atomic E-state index is 14.3. The standard InChI is InChI=1S/C77H93N9O23S2/c1-46-52(51-21-22-53(80-63(51)68(94)95)48-18-17-47-12-10-26-84(56(47)34-48)72(98)82-71-81-54-13-7-8-15-59(54)110-71)36-78-86(46)45-76-40-74(2)39-75(3,41-76)43-77(42-74,44-76)107-31-28-83(27-30-103-4)73(99)106-37-49-19-20-50(108-70-66(93)64(91)65(92)67(109-70)69(96)97)35-58(49)105-33-32-104-29-11-14-57(87)55(38-111(100,101)102)79-60(88)16-6-5-9-25-85-61(89)23-24-62(85)90/h7-8,13,15,17-24,34-36,55,64-67,70,91-93H,5-6,9-12,14,16,25-33,37-45H2,1-4H3,(H,79,88)(H,94,95)(H,96,97)(H,81,82,98)(H,100,101,102)/t55-,64-,65-,66+,67-,70+,74?,75?,76?,77?/m0/s1. The number of ether oxygens (including phenoxy) is 7. The highest BCUT2D eigenvalue weighted by Gasteiger charge is 2.66. The molecule has 0 spiro atoms. The number of nitrogens with one attached hydrogen (secondary N) is 2. The topological polar surface area (TPSA) is 434 Å². The molecule has 8 N–H and O–H groups in total. The van der Waals surface area contributed by atoms with Crippen molar-refractivity contribution in [2.75, 3.05) is 82.3 Å². The summed E-state index contributed by atoms with van der Waals surface area (Å²) in [7, 11) is -3.21. The zero-order valence-corrected chi connectivity index (χ0v) is 63.7. The minimum atomic E-state index is -4.71.